The Kier molecular flexibility index (Phi) is 6.49. The minimum absolute atomic E-state index is 0.0844. The van der Waals surface area contributed by atoms with Gasteiger partial charge in [0.1, 0.15) is 5.70 Å². The van der Waals surface area contributed by atoms with Crippen molar-refractivity contribution in [3.63, 3.8) is 0 Å². The Labute approximate surface area is 137 Å². The molecule has 0 aromatic heterocycles. The lowest BCUT2D eigenvalue weighted by Gasteiger charge is -2.27. The summed E-state index contributed by atoms with van der Waals surface area (Å²) in [5, 5.41) is 6.31. The number of hydrogen-bond donors (Lipinski definition) is 2. The second kappa shape index (κ2) is 8.59. The summed E-state index contributed by atoms with van der Waals surface area (Å²) in [5.74, 6) is -0.0844. The summed E-state index contributed by atoms with van der Waals surface area (Å²) in [6.45, 7) is 11.7. The van der Waals surface area contributed by atoms with Gasteiger partial charge >= 0.3 is 0 Å². The molecule has 0 bridgehead atoms. The molecule has 23 heavy (non-hydrogen) atoms. The number of rotatable bonds is 6. The number of amides is 1. The van der Waals surface area contributed by atoms with Crippen molar-refractivity contribution in [1.29, 1.82) is 0 Å². The standard InChI is InChI=1S/C16H26N6O/c1-4-19-13-11-14(21(3)15(13)12-17-2)16(23)20-7-10-22-8-5-18-6-9-22/h11-12,18H,2,4-10H2,1,3H3,(H,20,23). The molecular weight excluding hydrogens is 292 g/mol. The number of carbonyl (C=O) groups excluding carboxylic acids is 1. The maximum absolute atomic E-state index is 12.4. The lowest BCUT2D eigenvalue weighted by atomic mass is 10.3. The molecule has 2 rings (SSSR count). The molecular formula is C16H26N6O. The maximum atomic E-state index is 12.4. The third-order valence-electron chi connectivity index (χ3n) is 3.96. The zero-order valence-corrected chi connectivity index (χ0v) is 14.0. The van der Waals surface area contributed by atoms with Gasteiger partial charge in [-0.05, 0) is 19.7 Å². The van der Waals surface area contributed by atoms with Gasteiger partial charge in [0.2, 0.25) is 0 Å². The predicted octanol–water partition coefficient (Wildman–Crippen LogP) is -0.160. The van der Waals surface area contributed by atoms with Gasteiger partial charge in [-0.25, -0.2) is 0 Å². The molecule has 7 nitrogen and oxygen atoms in total. The SMILES string of the molecule is C=NC=C1C(=NCC)C=C(C(=O)NCCN2CCNCC2)N1C. The van der Waals surface area contributed by atoms with Gasteiger partial charge < -0.3 is 15.5 Å². The van der Waals surface area contributed by atoms with Gasteiger partial charge in [-0.3, -0.25) is 19.7 Å². The summed E-state index contributed by atoms with van der Waals surface area (Å²) in [4.78, 5) is 24.8. The first kappa shape index (κ1) is 17.4. The average Bonchev–Trinajstić information content (AvgIpc) is 2.86. The molecule has 0 aromatic carbocycles. The van der Waals surface area contributed by atoms with E-state index < -0.39 is 0 Å². The Hall–Kier alpha value is -1.99. The normalized spacial score (nSPS) is 22.5. The van der Waals surface area contributed by atoms with E-state index in [2.05, 4.69) is 32.2 Å². The first-order chi connectivity index (χ1) is 11.2. The van der Waals surface area contributed by atoms with Gasteiger partial charge in [0.25, 0.3) is 5.91 Å². The summed E-state index contributed by atoms with van der Waals surface area (Å²) in [7, 11) is 1.84. The van der Waals surface area contributed by atoms with Crippen LogP contribution in [0.25, 0.3) is 0 Å². The number of carbonyl (C=O) groups is 1. The second-order valence-electron chi connectivity index (χ2n) is 5.49. The summed E-state index contributed by atoms with van der Waals surface area (Å²) in [6, 6.07) is 0. The second-order valence-corrected chi connectivity index (χ2v) is 5.49. The van der Waals surface area contributed by atoms with E-state index in [1.54, 1.807) is 12.3 Å². The van der Waals surface area contributed by atoms with Crippen LogP contribution in [0.1, 0.15) is 6.92 Å². The number of hydrogen-bond acceptors (Lipinski definition) is 6. The highest BCUT2D eigenvalue weighted by molar-refractivity contribution is 6.16. The van der Waals surface area contributed by atoms with Gasteiger partial charge in [-0.1, -0.05) is 0 Å². The molecule has 0 aliphatic carbocycles. The maximum Gasteiger partial charge on any atom is 0.268 e. The van der Waals surface area contributed by atoms with E-state index in [4.69, 9.17) is 0 Å². The molecule has 1 fully saturated rings. The molecule has 126 valence electrons. The summed E-state index contributed by atoms with van der Waals surface area (Å²) in [5.41, 5.74) is 2.16. The molecule has 1 saturated heterocycles. The van der Waals surface area contributed by atoms with Crippen LogP contribution in [-0.2, 0) is 4.79 Å². The summed E-state index contributed by atoms with van der Waals surface area (Å²) < 4.78 is 0. The number of likely N-dealkylation sites (N-methyl/N-ethyl adjacent to an activating group) is 1. The third-order valence-corrected chi connectivity index (χ3v) is 3.96. The van der Waals surface area contributed by atoms with E-state index in [-0.39, 0.29) is 5.91 Å². The van der Waals surface area contributed by atoms with E-state index in [0.29, 0.717) is 18.8 Å². The molecule has 0 spiro atoms. The van der Waals surface area contributed by atoms with Crippen LogP contribution in [0.2, 0.25) is 0 Å². The summed E-state index contributed by atoms with van der Waals surface area (Å²) in [6.07, 6.45) is 3.44. The monoisotopic (exact) mass is 318 g/mol. The fourth-order valence-electron chi connectivity index (χ4n) is 2.71. The van der Waals surface area contributed by atoms with Gasteiger partial charge in [0.05, 0.1) is 17.6 Å². The quantitative estimate of drug-likeness (QED) is 0.668. The molecule has 1 amide bonds. The highest BCUT2D eigenvalue weighted by atomic mass is 16.2. The first-order valence-electron chi connectivity index (χ1n) is 8.05. The molecule has 0 radical (unpaired) electrons. The van der Waals surface area contributed by atoms with Crippen LogP contribution in [0.4, 0.5) is 0 Å². The molecule has 0 atom stereocenters. The lowest BCUT2D eigenvalue weighted by molar-refractivity contribution is -0.118. The number of aliphatic imine (C=N–C) groups is 2. The molecule has 7 heteroatoms. The fourth-order valence-corrected chi connectivity index (χ4v) is 2.71. The van der Waals surface area contributed by atoms with Crippen LogP contribution in [0.5, 0.6) is 0 Å². The van der Waals surface area contributed by atoms with Crippen molar-refractivity contribution < 1.29 is 4.79 Å². The number of nitrogens with one attached hydrogen (secondary N) is 2. The van der Waals surface area contributed by atoms with Gasteiger partial charge in [0, 0.05) is 52.9 Å². The Balaban J connectivity index is 1.92. The number of nitrogens with zero attached hydrogens (tertiary/aromatic N) is 4. The Morgan fingerprint density at radius 2 is 2.22 bits per heavy atom. The van der Waals surface area contributed by atoms with Crippen LogP contribution in [-0.4, -0.2) is 81.0 Å². The third kappa shape index (κ3) is 4.49. The van der Waals surface area contributed by atoms with Crippen molar-refractivity contribution in [2.24, 2.45) is 9.98 Å². The van der Waals surface area contributed by atoms with E-state index >= 15 is 0 Å². The minimum Gasteiger partial charge on any atom is -0.349 e. The molecule has 0 aromatic rings. The topological polar surface area (TPSA) is 72.3 Å². The first-order valence-corrected chi connectivity index (χ1v) is 8.05. The average molecular weight is 318 g/mol. The van der Waals surface area contributed by atoms with Crippen molar-refractivity contribution in [3.05, 3.63) is 23.7 Å². The van der Waals surface area contributed by atoms with Crippen LogP contribution < -0.4 is 10.6 Å². The van der Waals surface area contributed by atoms with Crippen molar-refractivity contribution in [2.75, 3.05) is 52.9 Å². The van der Waals surface area contributed by atoms with E-state index in [1.807, 2.05) is 18.9 Å². The van der Waals surface area contributed by atoms with E-state index in [0.717, 1.165) is 44.1 Å². The highest BCUT2D eigenvalue weighted by Gasteiger charge is 2.27. The largest absolute Gasteiger partial charge is 0.349 e. The Morgan fingerprint density at radius 3 is 2.87 bits per heavy atom. The van der Waals surface area contributed by atoms with Gasteiger partial charge in [-0.2, -0.15) is 0 Å². The predicted molar refractivity (Wildman–Crippen MR) is 93.8 cm³/mol. The highest BCUT2D eigenvalue weighted by Crippen LogP contribution is 2.21. The van der Waals surface area contributed by atoms with Gasteiger partial charge in [-0.15, -0.1) is 0 Å². The zero-order chi connectivity index (χ0) is 16.7. The minimum atomic E-state index is -0.0844. The van der Waals surface area contributed by atoms with E-state index in [9.17, 15) is 4.79 Å². The van der Waals surface area contributed by atoms with Crippen LogP contribution in [0, 0.1) is 0 Å². The smallest absolute Gasteiger partial charge is 0.268 e. The number of allylic oxidation sites excluding steroid dienone is 1. The van der Waals surface area contributed by atoms with Crippen LogP contribution >= 0.6 is 0 Å². The van der Waals surface area contributed by atoms with Crippen molar-refractivity contribution in [3.8, 4) is 0 Å². The molecule has 0 unspecified atom stereocenters. The van der Waals surface area contributed by atoms with Crippen molar-refractivity contribution in [2.45, 2.75) is 6.92 Å². The zero-order valence-electron chi connectivity index (χ0n) is 14.0. The van der Waals surface area contributed by atoms with Crippen LogP contribution in [0.15, 0.2) is 33.7 Å². The molecule has 2 heterocycles. The lowest BCUT2D eigenvalue weighted by Crippen LogP contribution is -2.46. The Bertz CT molecular complexity index is 531. The molecule has 2 aliphatic rings. The van der Waals surface area contributed by atoms with E-state index in [1.165, 1.54) is 0 Å². The van der Waals surface area contributed by atoms with Gasteiger partial charge in [0.15, 0.2) is 0 Å². The fraction of sp³-hybridized carbons (Fsp3) is 0.562. The number of piperazine rings is 1. The molecule has 2 aliphatic heterocycles. The van der Waals surface area contributed by atoms with Crippen molar-refractivity contribution >= 4 is 18.3 Å². The molecule has 0 saturated carbocycles. The summed E-state index contributed by atoms with van der Waals surface area (Å²) >= 11 is 0. The Morgan fingerprint density at radius 1 is 1.48 bits per heavy atom. The van der Waals surface area contributed by atoms with Crippen LogP contribution in [0.3, 0.4) is 0 Å². The molecule has 2 N–H and O–H groups in total. The van der Waals surface area contributed by atoms with Crippen molar-refractivity contribution in [1.82, 2.24) is 20.4 Å².